The Morgan fingerprint density at radius 3 is 2.75 bits per heavy atom. The third-order valence-electron chi connectivity index (χ3n) is 2.52. The van der Waals surface area contributed by atoms with Gasteiger partial charge in [0, 0.05) is 15.8 Å². The Hall–Kier alpha value is -1.15. The Labute approximate surface area is 138 Å². The van der Waals surface area contributed by atoms with E-state index in [9.17, 15) is 9.18 Å². The van der Waals surface area contributed by atoms with Gasteiger partial charge in [-0.25, -0.2) is 9.18 Å². The second-order valence-electron chi connectivity index (χ2n) is 4.07. The Kier molecular flexibility index (Phi) is 5.36. The molecule has 3 nitrogen and oxygen atoms in total. The molecule has 0 fully saturated rings. The number of amides is 2. The molecule has 0 unspecified atom stereocenters. The summed E-state index contributed by atoms with van der Waals surface area (Å²) in [7, 11) is 0. The molecule has 0 bridgehead atoms. The normalized spacial score (nSPS) is 10.2. The summed E-state index contributed by atoms with van der Waals surface area (Å²) in [4.78, 5) is 11.7. The van der Waals surface area contributed by atoms with Gasteiger partial charge in [0.15, 0.2) is 0 Å². The van der Waals surface area contributed by atoms with Crippen LogP contribution in [-0.4, -0.2) is 6.03 Å². The van der Waals surface area contributed by atoms with Gasteiger partial charge in [-0.1, -0.05) is 12.1 Å². The first-order valence-corrected chi connectivity index (χ1v) is 7.66. The number of anilines is 1. The first-order valence-electron chi connectivity index (χ1n) is 5.79. The molecule has 20 heavy (non-hydrogen) atoms. The first-order chi connectivity index (χ1) is 9.54. The van der Waals surface area contributed by atoms with Gasteiger partial charge in [-0.3, -0.25) is 0 Å². The number of carbonyl (C=O) groups is 1. The minimum absolute atomic E-state index is 0.299. The number of nitrogens with one attached hydrogen (secondary N) is 2. The van der Waals surface area contributed by atoms with Crippen molar-refractivity contribution in [2.75, 3.05) is 5.32 Å². The highest BCUT2D eigenvalue weighted by atomic mass is 127. The van der Waals surface area contributed by atoms with Crippen LogP contribution in [0.15, 0.2) is 46.9 Å². The maximum absolute atomic E-state index is 13.1. The van der Waals surface area contributed by atoms with Crippen molar-refractivity contribution in [3.8, 4) is 0 Å². The van der Waals surface area contributed by atoms with Crippen molar-refractivity contribution in [1.82, 2.24) is 5.32 Å². The standard InChI is InChI=1S/C14H11BrFIN2O/c15-12-6-9(4-5-13(12)16)8-18-14(20)19-11-3-1-2-10(17)7-11/h1-7H,8H2,(H2,18,19,20). The molecule has 0 atom stereocenters. The number of hydrogen-bond acceptors (Lipinski definition) is 1. The third kappa shape index (κ3) is 4.45. The monoisotopic (exact) mass is 448 g/mol. The predicted octanol–water partition coefficient (Wildman–Crippen LogP) is 4.51. The maximum Gasteiger partial charge on any atom is 0.319 e. The quantitative estimate of drug-likeness (QED) is 0.666. The lowest BCUT2D eigenvalue weighted by Crippen LogP contribution is -2.28. The number of hydrogen-bond donors (Lipinski definition) is 2. The van der Waals surface area contributed by atoms with Crippen LogP contribution in [0.2, 0.25) is 0 Å². The van der Waals surface area contributed by atoms with E-state index in [-0.39, 0.29) is 11.8 Å². The molecule has 0 heterocycles. The predicted molar refractivity (Wildman–Crippen MR) is 89.1 cm³/mol. The Bertz CT molecular complexity index is 636. The van der Waals surface area contributed by atoms with Gasteiger partial charge in [0.25, 0.3) is 0 Å². The van der Waals surface area contributed by atoms with Gasteiger partial charge in [-0.15, -0.1) is 0 Å². The molecule has 0 aliphatic carbocycles. The lowest BCUT2D eigenvalue weighted by atomic mass is 10.2. The van der Waals surface area contributed by atoms with Gasteiger partial charge < -0.3 is 10.6 Å². The largest absolute Gasteiger partial charge is 0.334 e. The fraction of sp³-hybridized carbons (Fsp3) is 0.0714. The van der Waals surface area contributed by atoms with Crippen LogP contribution < -0.4 is 10.6 Å². The van der Waals surface area contributed by atoms with E-state index in [2.05, 4.69) is 49.2 Å². The van der Waals surface area contributed by atoms with Gasteiger partial charge >= 0.3 is 6.03 Å². The number of rotatable bonds is 3. The van der Waals surface area contributed by atoms with E-state index >= 15 is 0 Å². The molecule has 2 rings (SSSR count). The number of benzene rings is 2. The molecule has 0 radical (unpaired) electrons. The highest BCUT2D eigenvalue weighted by Crippen LogP contribution is 2.17. The van der Waals surface area contributed by atoms with Crippen LogP contribution in [0.1, 0.15) is 5.56 Å². The zero-order valence-electron chi connectivity index (χ0n) is 10.3. The van der Waals surface area contributed by atoms with Gasteiger partial charge in [-0.2, -0.15) is 0 Å². The zero-order valence-corrected chi connectivity index (χ0v) is 14.0. The lowest BCUT2D eigenvalue weighted by Gasteiger charge is -2.08. The third-order valence-corrected chi connectivity index (χ3v) is 3.80. The molecule has 0 saturated heterocycles. The summed E-state index contributed by atoms with van der Waals surface area (Å²) < 4.78 is 14.5. The zero-order chi connectivity index (χ0) is 14.5. The summed E-state index contributed by atoms with van der Waals surface area (Å²) in [6.07, 6.45) is 0. The SMILES string of the molecule is O=C(NCc1ccc(F)c(Br)c1)Nc1cccc(I)c1. The molecule has 0 aliphatic rings. The van der Waals surface area contributed by atoms with Crippen molar-refractivity contribution < 1.29 is 9.18 Å². The van der Waals surface area contributed by atoms with Crippen molar-refractivity contribution in [3.05, 3.63) is 61.9 Å². The van der Waals surface area contributed by atoms with Crippen molar-refractivity contribution in [2.24, 2.45) is 0 Å². The molecule has 0 saturated carbocycles. The van der Waals surface area contributed by atoms with Gasteiger partial charge in [0.05, 0.1) is 4.47 Å². The number of carbonyl (C=O) groups excluding carboxylic acids is 1. The van der Waals surface area contributed by atoms with Gasteiger partial charge in [0.2, 0.25) is 0 Å². The average molecular weight is 449 g/mol. The molecule has 0 spiro atoms. The molecule has 0 aliphatic heterocycles. The van der Waals surface area contributed by atoms with E-state index in [1.165, 1.54) is 6.07 Å². The molecule has 104 valence electrons. The van der Waals surface area contributed by atoms with E-state index in [0.29, 0.717) is 11.0 Å². The molecular formula is C14H11BrFIN2O. The smallest absolute Gasteiger partial charge is 0.319 e. The van der Waals surface area contributed by atoms with Crippen LogP contribution >= 0.6 is 38.5 Å². The van der Waals surface area contributed by atoms with Crippen LogP contribution in [0.25, 0.3) is 0 Å². The summed E-state index contributed by atoms with van der Waals surface area (Å²) in [6, 6.07) is 11.8. The van der Waals surface area contributed by atoms with E-state index in [1.54, 1.807) is 12.1 Å². The fourth-order valence-corrected chi connectivity index (χ4v) is 2.54. The fourth-order valence-electron chi connectivity index (χ4n) is 1.57. The van der Waals surface area contributed by atoms with Crippen LogP contribution in [0.5, 0.6) is 0 Å². The first kappa shape index (κ1) is 15.2. The minimum atomic E-state index is -0.322. The number of urea groups is 1. The molecular weight excluding hydrogens is 438 g/mol. The molecule has 2 aromatic carbocycles. The van der Waals surface area contributed by atoms with Gasteiger partial charge in [0.1, 0.15) is 5.82 Å². The van der Waals surface area contributed by atoms with E-state index in [1.807, 2.05) is 24.3 Å². The summed E-state index contributed by atoms with van der Waals surface area (Å²) >= 11 is 5.29. The second kappa shape index (κ2) is 7.03. The highest BCUT2D eigenvalue weighted by molar-refractivity contribution is 14.1. The van der Waals surface area contributed by atoms with Crippen molar-refractivity contribution >= 4 is 50.2 Å². The molecule has 2 aromatic rings. The minimum Gasteiger partial charge on any atom is -0.334 e. The maximum atomic E-state index is 13.1. The van der Waals surface area contributed by atoms with Crippen LogP contribution in [0.3, 0.4) is 0 Å². The lowest BCUT2D eigenvalue weighted by molar-refractivity contribution is 0.251. The van der Waals surface area contributed by atoms with Crippen molar-refractivity contribution in [2.45, 2.75) is 6.54 Å². The molecule has 6 heteroatoms. The highest BCUT2D eigenvalue weighted by Gasteiger charge is 2.04. The van der Waals surface area contributed by atoms with Crippen LogP contribution in [0.4, 0.5) is 14.9 Å². The average Bonchev–Trinajstić information content (AvgIpc) is 2.40. The Morgan fingerprint density at radius 1 is 1.25 bits per heavy atom. The number of halogens is 3. The summed E-state index contributed by atoms with van der Waals surface area (Å²) in [5.41, 5.74) is 1.55. The van der Waals surface area contributed by atoms with E-state index in [4.69, 9.17) is 0 Å². The topological polar surface area (TPSA) is 41.1 Å². The summed E-state index contributed by atoms with van der Waals surface area (Å²) in [5.74, 6) is -0.322. The molecule has 2 amide bonds. The Balaban J connectivity index is 1.90. The molecule has 0 aromatic heterocycles. The van der Waals surface area contributed by atoms with Crippen LogP contribution in [-0.2, 0) is 6.54 Å². The Morgan fingerprint density at radius 2 is 2.05 bits per heavy atom. The summed E-state index contributed by atoms with van der Waals surface area (Å²) in [6.45, 7) is 0.328. The van der Waals surface area contributed by atoms with Gasteiger partial charge in [-0.05, 0) is 74.4 Å². The van der Waals surface area contributed by atoms with Crippen LogP contribution in [0, 0.1) is 9.39 Å². The summed E-state index contributed by atoms with van der Waals surface area (Å²) in [5, 5.41) is 5.46. The molecule has 2 N–H and O–H groups in total. The van der Waals surface area contributed by atoms with Crippen molar-refractivity contribution in [1.29, 1.82) is 0 Å². The van der Waals surface area contributed by atoms with E-state index in [0.717, 1.165) is 14.8 Å². The van der Waals surface area contributed by atoms with E-state index < -0.39 is 0 Å². The second-order valence-corrected chi connectivity index (χ2v) is 6.17. The van der Waals surface area contributed by atoms with Crippen molar-refractivity contribution in [3.63, 3.8) is 0 Å².